The summed E-state index contributed by atoms with van der Waals surface area (Å²) >= 11 is 0. The number of benzene rings is 1. The van der Waals surface area contributed by atoms with E-state index in [0.29, 0.717) is 22.6 Å². The molecule has 0 spiro atoms. The quantitative estimate of drug-likeness (QED) is 0.221. The third kappa shape index (κ3) is 8.15. The Morgan fingerprint density at radius 3 is 2.47 bits per heavy atom. The Hall–Kier alpha value is -4.65. The van der Waals surface area contributed by atoms with E-state index in [-0.39, 0.29) is 55.1 Å². The number of hydroxylamine groups is 2. The van der Waals surface area contributed by atoms with Crippen LogP contribution < -0.4 is 4.68 Å². The van der Waals surface area contributed by atoms with Gasteiger partial charge in [0.2, 0.25) is 6.33 Å². The molecule has 0 bridgehead atoms. The minimum absolute atomic E-state index is 0.0423. The highest BCUT2D eigenvalue weighted by molar-refractivity contribution is 6.01. The summed E-state index contributed by atoms with van der Waals surface area (Å²) in [6, 6.07) is 2.84. The first-order chi connectivity index (χ1) is 23.2. The van der Waals surface area contributed by atoms with Crippen molar-refractivity contribution in [2.75, 3.05) is 0 Å². The number of aromatic nitrogens is 3. The lowest BCUT2D eigenvalue weighted by atomic mass is 9.74. The van der Waals surface area contributed by atoms with Gasteiger partial charge in [0.05, 0.1) is 19.2 Å². The van der Waals surface area contributed by atoms with Crippen LogP contribution in [-0.2, 0) is 43.2 Å². The van der Waals surface area contributed by atoms with Crippen LogP contribution in [0.4, 0.5) is 8.78 Å². The Morgan fingerprint density at radius 2 is 1.86 bits per heavy atom. The SMILES string of the molecule is CC=Cc1cc(F)c(C(O)(Cn2cnc[n+]2C)C(C)C2=CC(CC)C=NC=C2F)cc1C(C)C(C)C(=O)CCC(=O)ON1C(=O)CCC1=O. The summed E-state index contributed by atoms with van der Waals surface area (Å²) < 4.78 is 35.1. The average Bonchev–Trinajstić information content (AvgIpc) is 3.55. The molecule has 5 atom stereocenters. The van der Waals surface area contributed by atoms with Crippen molar-refractivity contribution in [3.63, 3.8) is 0 Å². The number of nitrogens with zero attached hydrogens (tertiary/aromatic N) is 5. The highest BCUT2D eigenvalue weighted by Gasteiger charge is 2.44. The van der Waals surface area contributed by atoms with E-state index in [0.717, 1.165) is 6.20 Å². The number of aryl methyl sites for hydroxylation is 1. The van der Waals surface area contributed by atoms with Gasteiger partial charge in [0.15, 0.2) is 0 Å². The molecular weight excluding hydrogens is 636 g/mol. The lowest BCUT2D eigenvalue weighted by molar-refractivity contribution is -0.756. The fourth-order valence-electron chi connectivity index (χ4n) is 6.15. The van der Waals surface area contributed by atoms with E-state index >= 15 is 8.78 Å². The number of aliphatic imine (C=N–C) groups is 1. The molecule has 2 amide bonds. The number of halogens is 2. The maximum atomic E-state index is 16.3. The van der Waals surface area contributed by atoms with Crippen molar-refractivity contribution >= 4 is 35.9 Å². The second-order valence-electron chi connectivity index (χ2n) is 12.7. The largest absolute Gasteiger partial charge is 0.382 e. The molecule has 4 rings (SSSR count). The van der Waals surface area contributed by atoms with Crippen LogP contribution in [0.5, 0.6) is 0 Å². The van der Waals surface area contributed by atoms with E-state index < -0.39 is 52.8 Å². The molecule has 1 fully saturated rings. The van der Waals surface area contributed by atoms with Gasteiger partial charge in [-0.05, 0) is 53.1 Å². The summed E-state index contributed by atoms with van der Waals surface area (Å²) in [6.07, 6.45) is 10.9. The van der Waals surface area contributed by atoms with Crippen LogP contribution in [0.2, 0.25) is 0 Å². The van der Waals surface area contributed by atoms with Gasteiger partial charge in [0, 0.05) is 48.8 Å². The predicted molar refractivity (Wildman–Crippen MR) is 176 cm³/mol. The van der Waals surface area contributed by atoms with Crippen molar-refractivity contribution in [2.24, 2.45) is 29.8 Å². The van der Waals surface area contributed by atoms with E-state index in [4.69, 9.17) is 4.84 Å². The fraction of sp³-hybridized carbons (Fsp3) is 0.472. The van der Waals surface area contributed by atoms with Gasteiger partial charge in [-0.15, -0.1) is 5.06 Å². The van der Waals surface area contributed by atoms with Crippen LogP contribution in [0.3, 0.4) is 0 Å². The molecule has 3 heterocycles. The number of imide groups is 1. The third-order valence-corrected chi connectivity index (χ3v) is 9.54. The van der Waals surface area contributed by atoms with E-state index in [1.54, 1.807) is 68.5 Å². The average molecular weight is 681 g/mol. The first-order valence-corrected chi connectivity index (χ1v) is 16.5. The molecule has 0 radical (unpaired) electrons. The Kier molecular flexibility index (Phi) is 11.9. The molecule has 49 heavy (non-hydrogen) atoms. The second-order valence-corrected chi connectivity index (χ2v) is 12.7. The highest BCUT2D eigenvalue weighted by atomic mass is 19.1. The molecule has 262 valence electrons. The Balaban J connectivity index is 1.70. The number of carbonyl (C=O) groups is 4. The molecule has 0 saturated carbocycles. The van der Waals surface area contributed by atoms with Gasteiger partial charge < -0.3 is 9.94 Å². The van der Waals surface area contributed by atoms with Crippen LogP contribution in [0, 0.1) is 23.6 Å². The minimum Gasteiger partial charge on any atom is -0.382 e. The zero-order valence-corrected chi connectivity index (χ0v) is 28.7. The standard InChI is InChI=1S/C36H44F2N5O6/c1-7-9-26-15-30(37)29(16-27(26)22(3)23(4)32(44)10-13-35(47)49-43-33(45)11-12-34(43)46)36(48,19-42-21-40-20-41(42)6)24(5)28-14-25(8-2)17-39-18-31(28)38/h7,9,14-18,20-25,48H,8,10-13,19H2,1-6H3/q+1. The zero-order valence-electron chi connectivity index (χ0n) is 28.7. The molecule has 0 aliphatic carbocycles. The van der Waals surface area contributed by atoms with Gasteiger partial charge >= 0.3 is 12.3 Å². The molecule has 2 aromatic rings. The normalized spacial score (nSPS) is 19.7. The molecule has 1 aromatic carbocycles. The minimum atomic E-state index is -2.01. The Morgan fingerprint density at radius 1 is 1.16 bits per heavy atom. The van der Waals surface area contributed by atoms with Crippen molar-refractivity contribution in [1.82, 2.24) is 14.7 Å². The van der Waals surface area contributed by atoms with Crippen molar-refractivity contribution in [3.8, 4) is 0 Å². The molecule has 1 aromatic heterocycles. The fourth-order valence-corrected chi connectivity index (χ4v) is 6.15. The lowest BCUT2D eigenvalue weighted by Gasteiger charge is -2.37. The second kappa shape index (κ2) is 15.7. The van der Waals surface area contributed by atoms with Gasteiger partial charge in [-0.3, -0.25) is 19.4 Å². The monoisotopic (exact) mass is 680 g/mol. The van der Waals surface area contributed by atoms with Crippen LogP contribution >= 0.6 is 0 Å². The molecule has 1 saturated heterocycles. The molecule has 1 N–H and O–H groups in total. The van der Waals surface area contributed by atoms with Crippen LogP contribution in [0.1, 0.15) is 89.3 Å². The van der Waals surface area contributed by atoms with Gasteiger partial charge in [-0.1, -0.05) is 45.9 Å². The highest BCUT2D eigenvalue weighted by Crippen LogP contribution is 2.43. The topological polar surface area (TPSA) is 135 Å². The number of rotatable bonds is 14. The predicted octanol–water partition coefficient (Wildman–Crippen LogP) is 4.95. The number of hydrogen-bond donors (Lipinski definition) is 1. The van der Waals surface area contributed by atoms with Gasteiger partial charge in [0.1, 0.15) is 30.1 Å². The van der Waals surface area contributed by atoms with E-state index in [1.165, 1.54) is 24.8 Å². The maximum Gasteiger partial charge on any atom is 0.333 e. The van der Waals surface area contributed by atoms with E-state index in [9.17, 15) is 24.3 Å². The van der Waals surface area contributed by atoms with Gasteiger partial charge in [-0.2, -0.15) is 9.36 Å². The number of allylic oxidation sites excluding steroid dienone is 3. The molecule has 13 heteroatoms. The van der Waals surface area contributed by atoms with Crippen LogP contribution in [-0.4, -0.2) is 49.6 Å². The number of carbonyl (C=O) groups excluding carboxylic acids is 4. The van der Waals surface area contributed by atoms with Crippen molar-refractivity contribution < 1.29 is 42.6 Å². The summed E-state index contributed by atoms with van der Waals surface area (Å²) in [5.41, 5.74) is -0.851. The maximum absolute atomic E-state index is 16.3. The summed E-state index contributed by atoms with van der Waals surface area (Å²) in [5.74, 6) is -6.11. The van der Waals surface area contributed by atoms with Crippen molar-refractivity contribution in [1.29, 1.82) is 0 Å². The molecular formula is C36H44F2N5O6+. The zero-order chi connectivity index (χ0) is 36.0. The van der Waals surface area contributed by atoms with E-state index in [2.05, 4.69) is 9.98 Å². The molecule has 2 aliphatic heterocycles. The van der Waals surface area contributed by atoms with Gasteiger partial charge in [0.25, 0.3) is 11.8 Å². The first-order valence-electron chi connectivity index (χ1n) is 16.5. The van der Waals surface area contributed by atoms with Crippen LogP contribution in [0.25, 0.3) is 6.08 Å². The Bertz CT molecular complexity index is 1710. The van der Waals surface area contributed by atoms with Crippen molar-refractivity contribution in [2.45, 2.75) is 84.8 Å². The number of amides is 2. The smallest absolute Gasteiger partial charge is 0.333 e. The number of hydrogen-bond acceptors (Lipinski definition) is 8. The number of Topliss-reactive ketones (excluding diaryl/α,β-unsaturated/α-hetero) is 1. The van der Waals surface area contributed by atoms with Crippen LogP contribution in [0.15, 0.2) is 59.5 Å². The Labute approximate surface area is 284 Å². The summed E-state index contributed by atoms with van der Waals surface area (Å²) in [5, 5.41) is 13.1. The summed E-state index contributed by atoms with van der Waals surface area (Å²) in [6.45, 7) is 8.66. The van der Waals surface area contributed by atoms with Gasteiger partial charge in [-0.25, -0.2) is 13.6 Å². The molecule has 11 nitrogen and oxygen atoms in total. The summed E-state index contributed by atoms with van der Waals surface area (Å²) in [7, 11) is 1.72. The molecule has 2 aliphatic rings. The molecule has 5 unspecified atom stereocenters. The number of ketones is 1. The lowest BCUT2D eigenvalue weighted by Crippen LogP contribution is -2.47. The first kappa shape index (κ1) is 37.2. The summed E-state index contributed by atoms with van der Waals surface area (Å²) in [4.78, 5) is 62.4. The third-order valence-electron chi connectivity index (χ3n) is 9.54. The van der Waals surface area contributed by atoms with E-state index in [1.807, 2.05) is 6.92 Å². The number of aliphatic hydroxyl groups is 1. The van der Waals surface area contributed by atoms with Crippen molar-refractivity contribution in [3.05, 3.63) is 77.0 Å².